The monoisotopic (exact) mass is 314 g/mol. The van der Waals surface area contributed by atoms with Crippen molar-refractivity contribution in [2.45, 2.75) is 20.4 Å². The number of nitrogens with zero attached hydrogens (tertiary/aromatic N) is 1. The fraction of sp³-hybridized carbons (Fsp3) is 0.278. The van der Waals surface area contributed by atoms with Gasteiger partial charge in [-0.15, -0.1) is 0 Å². The molecule has 0 fully saturated rings. The molecule has 0 amide bonds. The van der Waals surface area contributed by atoms with E-state index in [2.05, 4.69) is 37.4 Å². The van der Waals surface area contributed by atoms with Crippen molar-refractivity contribution in [1.82, 2.24) is 4.90 Å². The number of aliphatic hydroxyl groups is 1. The lowest BCUT2D eigenvalue weighted by atomic mass is 10.1. The standard InChI is InChI=1S/C18H22N2OS/c1-14-7-6-10-17(15(14)2)19-18(22)20(11-12-21)13-16-8-4-3-5-9-16/h3-10,21H,11-13H2,1-2H3,(H,19,22). The molecule has 0 saturated carbocycles. The van der Waals surface area contributed by atoms with E-state index in [1.54, 1.807) is 0 Å². The van der Waals surface area contributed by atoms with Gasteiger partial charge in [0.2, 0.25) is 0 Å². The van der Waals surface area contributed by atoms with Crippen LogP contribution in [-0.2, 0) is 6.54 Å². The second-order valence-corrected chi connectivity index (χ2v) is 5.70. The van der Waals surface area contributed by atoms with Crippen LogP contribution in [0.5, 0.6) is 0 Å². The first-order valence-electron chi connectivity index (χ1n) is 7.38. The van der Waals surface area contributed by atoms with Crippen LogP contribution >= 0.6 is 12.2 Å². The van der Waals surface area contributed by atoms with Crippen LogP contribution in [0.25, 0.3) is 0 Å². The van der Waals surface area contributed by atoms with Crippen LogP contribution in [0.1, 0.15) is 16.7 Å². The van der Waals surface area contributed by atoms with E-state index in [0.29, 0.717) is 18.2 Å². The summed E-state index contributed by atoms with van der Waals surface area (Å²) in [5.74, 6) is 0. The average Bonchev–Trinajstić information content (AvgIpc) is 2.52. The number of hydrogen-bond acceptors (Lipinski definition) is 2. The number of nitrogens with one attached hydrogen (secondary N) is 1. The van der Waals surface area contributed by atoms with E-state index in [9.17, 15) is 5.11 Å². The van der Waals surface area contributed by atoms with E-state index < -0.39 is 0 Å². The predicted molar refractivity (Wildman–Crippen MR) is 96.1 cm³/mol. The van der Waals surface area contributed by atoms with Gasteiger partial charge in [0.15, 0.2) is 5.11 Å². The largest absolute Gasteiger partial charge is 0.395 e. The van der Waals surface area contributed by atoms with Gasteiger partial charge < -0.3 is 15.3 Å². The molecule has 0 bridgehead atoms. The van der Waals surface area contributed by atoms with E-state index in [4.69, 9.17) is 12.2 Å². The zero-order valence-corrected chi connectivity index (χ0v) is 13.9. The fourth-order valence-corrected chi connectivity index (χ4v) is 2.52. The highest BCUT2D eigenvalue weighted by Crippen LogP contribution is 2.19. The summed E-state index contributed by atoms with van der Waals surface area (Å²) in [6.07, 6.45) is 0. The van der Waals surface area contributed by atoms with Crippen molar-refractivity contribution in [3.63, 3.8) is 0 Å². The Hall–Kier alpha value is -1.91. The van der Waals surface area contributed by atoms with Gasteiger partial charge in [0.1, 0.15) is 0 Å². The molecule has 2 aromatic carbocycles. The molecule has 22 heavy (non-hydrogen) atoms. The second-order valence-electron chi connectivity index (χ2n) is 5.31. The molecule has 0 aromatic heterocycles. The summed E-state index contributed by atoms with van der Waals surface area (Å²) in [5.41, 5.74) is 4.60. The summed E-state index contributed by atoms with van der Waals surface area (Å²) in [6, 6.07) is 16.2. The van der Waals surface area contributed by atoms with Crippen LogP contribution < -0.4 is 5.32 Å². The third-order valence-corrected chi connectivity index (χ3v) is 4.08. The van der Waals surface area contributed by atoms with Crippen molar-refractivity contribution in [2.24, 2.45) is 0 Å². The first kappa shape index (κ1) is 16.5. The van der Waals surface area contributed by atoms with Crippen molar-refractivity contribution in [3.05, 3.63) is 65.2 Å². The van der Waals surface area contributed by atoms with Crippen LogP contribution in [0.2, 0.25) is 0 Å². The van der Waals surface area contributed by atoms with Gasteiger partial charge in [0.05, 0.1) is 6.61 Å². The highest BCUT2D eigenvalue weighted by Gasteiger charge is 2.11. The molecular formula is C18H22N2OS. The molecule has 4 heteroatoms. The molecule has 0 heterocycles. The quantitative estimate of drug-likeness (QED) is 0.828. The number of rotatable bonds is 5. The molecule has 2 N–H and O–H groups in total. The number of hydrogen-bond donors (Lipinski definition) is 2. The predicted octanol–water partition coefficient (Wildman–Crippen LogP) is 3.49. The summed E-state index contributed by atoms with van der Waals surface area (Å²) in [6.45, 7) is 5.41. The normalized spacial score (nSPS) is 10.3. The maximum absolute atomic E-state index is 9.30. The smallest absolute Gasteiger partial charge is 0.173 e. The van der Waals surface area contributed by atoms with Crippen LogP contribution in [0.15, 0.2) is 48.5 Å². The molecule has 116 valence electrons. The maximum atomic E-state index is 9.30. The molecular weight excluding hydrogens is 292 g/mol. The summed E-state index contributed by atoms with van der Waals surface area (Å²) in [4.78, 5) is 1.98. The zero-order valence-electron chi connectivity index (χ0n) is 13.0. The average molecular weight is 314 g/mol. The highest BCUT2D eigenvalue weighted by molar-refractivity contribution is 7.80. The molecule has 2 rings (SSSR count). The van der Waals surface area contributed by atoms with Gasteiger partial charge in [-0.3, -0.25) is 0 Å². The molecule has 0 unspecified atom stereocenters. The molecule has 0 radical (unpaired) electrons. The number of benzene rings is 2. The zero-order chi connectivity index (χ0) is 15.9. The summed E-state index contributed by atoms with van der Waals surface area (Å²) < 4.78 is 0. The summed E-state index contributed by atoms with van der Waals surface area (Å²) in [5, 5.41) is 13.2. The lowest BCUT2D eigenvalue weighted by molar-refractivity contribution is 0.248. The van der Waals surface area contributed by atoms with Crippen molar-refractivity contribution in [2.75, 3.05) is 18.5 Å². The Morgan fingerprint density at radius 2 is 1.82 bits per heavy atom. The Morgan fingerprint density at radius 1 is 1.09 bits per heavy atom. The lowest BCUT2D eigenvalue weighted by Crippen LogP contribution is -2.36. The molecule has 0 atom stereocenters. The van der Waals surface area contributed by atoms with E-state index in [-0.39, 0.29) is 6.61 Å². The Balaban J connectivity index is 2.11. The van der Waals surface area contributed by atoms with Crippen molar-refractivity contribution in [3.8, 4) is 0 Å². The Bertz CT molecular complexity index is 628. The van der Waals surface area contributed by atoms with Gasteiger partial charge >= 0.3 is 0 Å². The number of anilines is 1. The molecule has 0 spiro atoms. The van der Waals surface area contributed by atoms with Crippen molar-refractivity contribution >= 4 is 23.0 Å². The molecule has 0 aliphatic rings. The van der Waals surface area contributed by atoms with E-state index >= 15 is 0 Å². The van der Waals surface area contributed by atoms with Crippen LogP contribution in [0, 0.1) is 13.8 Å². The number of thiocarbonyl (C=S) groups is 1. The van der Waals surface area contributed by atoms with E-state index in [0.717, 1.165) is 5.69 Å². The minimum absolute atomic E-state index is 0.0709. The number of aliphatic hydroxyl groups excluding tert-OH is 1. The van der Waals surface area contributed by atoms with E-state index in [1.165, 1.54) is 16.7 Å². The fourth-order valence-electron chi connectivity index (χ4n) is 2.26. The van der Waals surface area contributed by atoms with Gasteiger partial charge in [0.25, 0.3) is 0 Å². The van der Waals surface area contributed by atoms with Crippen LogP contribution in [0.3, 0.4) is 0 Å². The third kappa shape index (κ3) is 4.29. The lowest BCUT2D eigenvalue weighted by Gasteiger charge is -2.26. The minimum Gasteiger partial charge on any atom is -0.395 e. The van der Waals surface area contributed by atoms with Gasteiger partial charge in [-0.1, -0.05) is 42.5 Å². The Kier molecular flexibility index (Phi) is 5.92. The molecule has 0 aliphatic carbocycles. The third-order valence-electron chi connectivity index (χ3n) is 3.72. The first-order valence-corrected chi connectivity index (χ1v) is 7.79. The first-order chi connectivity index (χ1) is 10.6. The summed E-state index contributed by atoms with van der Waals surface area (Å²) >= 11 is 5.53. The maximum Gasteiger partial charge on any atom is 0.173 e. The molecule has 0 saturated heterocycles. The van der Waals surface area contributed by atoms with Gasteiger partial charge in [0, 0.05) is 18.8 Å². The van der Waals surface area contributed by atoms with Crippen LogP contribution in [0.4, 0.5) is 5.69 Å². The second kappa shape index (κ2) is 7.92. The van der Waals surface area contributed by atoms with Gasteiger partial charge in [-0.05, 0) is 48.8 Å². The molecule has 2 aromatic rings. The van der Waals surface area contributed by atoms with Crippen LogP contribution in [-0.4, -0.2) is 28.3 Å². The van der Waals surface area contributed by atoms with Gasteiger partial charge in [-0.2, -0.15) is 0 Å². The van der Waals surface area contributed by atoms with E-state index in [1.807, 2.05) is 35.2 Å². The molecule has 0 aliphatic heterocycles. The Morgan fingerprint density at radius 3 is 2.50 bits per heavy atom. The SMILES string of the molecule is Cc1cccc(NC(=S)N(CCO)Cc2ccccc2)c1C. The highest BCUT2D eigenvalue weighted by atomic mass is 32.1. The topological polar surface area (TPSA) is 35.5 Å². The Labute approximate surface area is 137 Å². The summed E-state index contributed by atoms with van der Waals surface area (Å²) in [7, 11) is 0. The number of aryl methyl sites for hydroxylation is 1. The molecule has 3 nitrogen and oxygen atoms in total. The van der Waals surface area contributed by atoms with Gasteiger partial charge in [-0.25, -0.2) is 0 Å². The van der Waals surface area contributed by atoms with Crippen molar-refractivity contribution < 1.29 is 5.11 Å². The van der Waals surface area contributed by atoms with Crippen molar-refractivity contribution in [1.29, 1.82) is 0 Å². The minimum atomic E-state index is 0.0709.